The lowest BCUT2D eigenvalue weighted by Gasteiger charge is -2.09. The molecule has 7 heteroatoms. The third-order valence-electron chi connectivity index (χ3n) is 2.85. The molecule has 19 heavy (non-hydrogen) atoms. The number of sulfonamides is 1. The van der Waals surface area contributed by atoms with Gasteiger partial charge < -0.3 is 10.5 Å². The Bertz CT molecular complexity index is 544. The molecule has 106 valence electrons. The number of nitrogen functional groups attached to an aromatic ring is 1. The van der Waals surface area contributed by atoms with E-state index >= 15 is 0 Å². The van der Waals surface area contributed by atoms with Crippen molar-refractivity contribution >= 4 is 15.7 Å². The van der Waals surface area contributed by atoms with E-state index in [1.165, 1.54) is 12.8 Å². The van der Waals surface area contributed by atoms with Crippen molar-refractivity contribution < 1.29 is 17.5 Å². The Hall–Kier alpha value is -1.18. The molecule has 0 spiro atoms. The second-order valence-corrected chi connectivity index (χ2v) is 6.33. The van der Waals surface area contributed by atoms with Crippen molar-refractivity contribution in [3.63, 3.8) is 0 Å². The molecule has 1 saturated carbocycles. The Morgan fingerprint density at radius 2 is 2.16 bits per heavy atom. The molecular weight excluding hydrogens is 271 g/mol. The van der Waals surface area contributed by atoms with Crippen LogP contribution >= 0.6 is 0 Å². The molecule has 0 aliphatic heterocycles. The lowest BCUT2D eigenvalue weighted by atomic mass is 10.3. The summed E-state index contributed by atoms with van der Waals surface area (Å²) in [7, 11) is -3.71. The first-order valence-electron chi connectivity index (χ1n) is 6.11. The Morgan fingerprint density at radius 3 is 2.79 bits per heavy atom. The summed E-state index contributed by atoms with van der Waals surface area (Å²) >= 11 is 0. The van der Waals surface area contributed by atoms with Crippen molar-refractivity contribution in [2.24, 2.45) is 5.92 Å². The van der Waals surface area contributed by atoms with E-state index in [0.29, 0.717) is 19.1 Å². The van der Waals surface area contributed by atoms with E-state index in [-0.39, 0.29) is 17.1 Å². The molecule has 3 N–H and O–H groups in total. The van der Waals surface area contributed by atoms with Gasteiger partial charge in [-0.3, -0.25) is 0 Å². The maximum absolute atomic E-state index is 12.9. The first-order chi connectivity index (χ1) is 8.99. The monoisotopic (exact) mass is 288 g/mol. The SMILES string of the molecule is Nc1cc(F)ccc1S(=O)(=O)NCCOCC1CC1. The topological polar surface area (TPSA) is 81.4 Å². The van der Waals surface area contributed by atoms with E-state index in [1.54, 1.807) is 0 Å². The van der Waals surface area contributed by atoms with Crippen LogP contribution in [0.2, 0.25) is 0 Å². The van der Waals surface area contributed by atoms with Crippen molar-refractivity contribution in [3.8, 4) is 0 Å². The summed E-state index contributed by atoms with van der Waals surface area (Å²) < 4.78 is 44.4. The Labute approximate surface area is 112 Å². The maximum Gasteiger partial charge on any atom is 0.242 e. The number of halogens is 1. The van der Waals surface area contributed by atoms with Crippen molar-refractivity contribution in [3.05, 3.63) is 24.0 Å². The highest BCUT2D eigenvalue weighted by atomic mass is 32.2. The van der Waals surface area contributed by atoms with Gasteiger partial charge in [0.25, 0.3) is 0 Å². The summed E-state index contributed by atoms with van der Waals surface area (Å²) in [5.41, 5.74) is 5.39. The minimum Gasteiger partial charge on any atom is -0.398 e. The summed E-state index contributed by atoms with van der Waals surface area (Å²) in [6.07, 6.45) is 2.38. The van der Waals surface area contributed by atoms with E-state index < -0.39 is 15.8 Å². The predicted molar refractivity (Wildman–Crippen MR) is 69.5 cm³/mol. The lowest BCUT2D eigenvalue weighted by Crippen LogP contribution is -2.28. The summed E-state index contributed by atoms with van der Waals surface area (Å²) in [5, 5.41) is 0. The van der Waals surface area contributed by atoms with Crippen LogP contribution in [-0.4, -0.2) is 28.2 Å². The van der Waals surface area contributed by atoms with Crippen LogP contribution in [0, 0.1) is 11.7 Å². The summed E-state index contributed by atoms with van der Waals surface area (Å²) in [5.74, 6) is 0.0774. The Kier molecular flexibility index (Phi) is 4.38. The summed E-state index contributed by atoms with van der Waals surface area (Å²) in [6, 6.07) is 3.20. The maximum atomic E-state index is 12.9. The third-order valence-corrected chi connectivity index (χ3v) is 4.39. The van der Waals surface area contributed by atoms with E-state index in [0.717, 1.165) is 18.2 Å². The Morgan fingerprint density at radius 1 is 1.42 bits per heavy atom. The number of ether oxygens (including phenoxy) is 1. The zero-order chi connectivity index (χ0) is 13.9. The molecule has 0 unspecified atom stereocenters. The number of rotatable bonds is 7. The number of nitrogens with two attached hydrogens (primary N) is 1. The van der Waals surface area contributed by atoms with Gasteiger partial charge in [0.2, 0.25) is 10.0 Å². The molecule has 0 radical (unpaired) electrons. The lowest BCUT2D eigenvalue weighted by molar-refractivity contribution is 0.129. The number of nitrogens with one attached hydrogen (secondary N) is 1. The van der Waals surface area contributed by atoms with E-state index in [9.17, 15) is 12.8 Å². The van der Waals surface area contributed by atoms with Crippen LogP contribution in [0.4, 0.5) is 10.1 Å². The van der Waals surface area contributed by atoms with Crippen LogP contribution in [0.25, 0.3) is 0 Å². The second-order valence-electron chi connectivity index (χ2n) is 4.60. The minimum absolute atomic E-state index is 0.105. The van der Waals surface area contributed by atoms with Crippen LogP contribution in [0.15, 0.2) is 23.1 Å². The fourth-order valence-electron chi connectivity index (χ4n) is 1.62. The molecule has 0 heterocycles. The highest BCUT2D eigenvalue weighted by Gasteiger charge is 2.21. The first-order valence-corrected chi connectivity index (χ1v) is 7.60. The van der Waals surface area contributed by atoms with Gasteiger partial charge in [-0.25, -0.2) is 17.5 Å². The molecule has 0 saturated heterocycles. The quantitative estimate of drug-likeness (QED) is 0.582. The number of hydrogen-bond donors (Lipinski definition) is 2. The highest BCUT2D eigenvalue weighted by molar-refractivity contribution is 7.89. The molecule has 1 aromatic rings. The first kappa shape index (κ1) is 14.2. The molecule has 1 aliphatic rings. The highest BCUT2D eigenvalue weighted by Crippen LogP contribution is 2.28. The molecule has 0 atom stereocenters. The average Bonchev–Trinajstić information content (AvgIpc) is 3.11. The minimum atomic E-state index is -3.71. The molecule has 1 aliphatic carbocycles. The van der Waals surface area contributed by atoms with E-state index in [2.05, 4.69) is 4.72 Å². The van der Waals surface area contributed by atoms with Crippen LogP contribution < -0.4 is 10.5 Å². The molecule has 2 rings (SSSR count). The third kappa shape index (κ3) is 4.15. The van der Waals surface area contributed by atoms with Crippen molar-refractivity contribution in [2.75, 3.05) is 25.5 Å². The van der Waals surface area contributed by atoms with E-state index in [1.807, 2.05) is 0 Å². The van der Waals surface area contributed by atoms with E-state index in [4.69, 9.17) is 10.5 Å². The molecule has 0 bridgehead atoms. The van der Waals surface area contributed by atoms with Gasteiger partial charge in [-0.1, -0.05) is 0 Å². The molecule has 0 aromatic heterocycles. The summed E-state index contributed by atoms with van der Waals surface area (Å²) in [4.78, 5) is -0.115. The van der Waals surface area contributed by atoms with Crippen LogP contribution in [0.1, 0.15) is 12.8 Å². The standard InChI is InChI=1S/C12H17FN2O3S/c13-10-3-4-12(11(14)7-10)19(16,17)15-5-6-18-8-9-1-2-9/h3-4,7,9,15H,1-2,5-6,8,14H2. The largest absolute Gasteiger partial charge is 0.398 e. The smallest absolute Gasteiger partial charge is 0.242 e. The Balaban J connectivity index is 1.86. The summed E-state index contributed by atoms with van der Waals surface area (Å²) in [6.45, 7) is 1.17. The molecule has 1 fully saturated rings. The average molecular weight is 288 g/mol. The number of benzene rings is 1. The van der Waals surface area contributed by atoms with Gasteiger partial charge in [0.05, 0.1) is 12.3 Å². The van der Waals surface area contributed by atoms with Gasteiger partial charge in [0.1, 0.15) is 10.7 Å². The van der Waals surface area contributed by atoms with Gasteiger partial charge in [-0.05, 0) is 37.0 Å². The second kappa shape index (κ2) is 5.85. The fraction of sp³-hybridized carbons (Fsp3) is 0.500. The van der Waals surface area contributed by atoms with Gasteiger partial charge in [0, 0.05) is 13.2 Å². The fourth-order valence-corrected chi connectivity index (χ4v) is 2.75. The molecule has 1 aromatic carbocycles. The predicted octanol–water partition coefficient (Wildman–Crippen LogP) is 1.11. The van der Waals surface area contributed by atoms with Crippen molar-refractivity contribution in [2.45, 2.75) is 17.7 Å². The molecule has 0 amide bonds. The number of hydrogen-bond acceptors (Lipinski definition) is 4. The normalized spacial score (nSPS) is 15.6. The van der Waals surface area contributed by atoms with Gasteiger partial charge >= 0.3 is 0 Å². The van der Waals surface area contributed by atoms with Crippen molar-refractivity contribution in [1.82, 2.24) is 4.72 Å². The van der Waals surface area contributed by atoms with Gasteiger partial charge in [0.15, 0.2) is 0 Å². The van der Waals surface area contributed by atoms with Crippen molar-refractivity contribution in [1.29, 1.82) is 0 Å². The van der Waals surface area contributed by atoms with Crippen LogP contribution in [-0.2, 0) is 14.8 Å². The zero-order valence-electron chi connectivity index (χ0n) is 10.4. The molecule has 5 nitrogen and oxygen atoms in total. The molecular formula is C12H17FN2O3S. The van der Waals surface area contributed by atoms with Gasteiger partial charge in [-0.2, -0.15) is 0 Å². The van der Waals surface area contributed by atoms with Gasteiger partial charge in [-0.15, -0.1) is 0 Å². The van der Waals surface area contributed by atoms with Crippen LogP contribution in [0.3, 0.4) is 0 Å². The zero-order valence-corrected chi connectivity index (χ0v) is 11.2. The van der Waals surface area contributed by atoms with Crippen LogP contribution in [0.5, 0.6) is 0 Å². The number of anilines is 1.